The predicted octanol–water partition coefficient (Wildman–Crippen LogP) is 1.70. The Kier molecular flexibility index (Phi) is 4.73. The monoisotopic (exact) mass is 248 g/mol. The maximum Gasteiger partial charge on any atom is 0.224 e. The van der Waals surface area contributed by atoms with Crippen LogP contribution in [0, 0.1) is 0 Å². The fourth-order valence-corrected chi connectivity index (χ4v) is 2.22. The maximum atomic E-state index is 11.8. The van der Waals surface area contributed by atoms with Gasteiger partial charge in [-0.15, -0.1) is 0 Å². The van der Waals surface area contributed by atoms with Crippen LogP contribution >= 0.6 is 0 Å². The van der Waals surface area contributed by atoms with Crippen molar-refractivity contribution in [3.8, 4) is 0 Å². The summed E-state index contributed by atoms with van der Waals surface area (Å²) in [5.41, 5.74) is 3.51. The van der Waals surface area contributed by atoms with Gasteiger partial charge in [-0.3, -0.25) is 4.79 Å². The van der Waals surface area contributed by atoms with Gasteiger partial charge in [0.15, 0.2) is 0 Å². The number of rotatable bonds is 5. The molecule has 0 aromatic heterocycles. The fourth-order valence-electron chi connectivity index (χ4n) is 2.22. The molecular formula is C14H20N2O2. The number of ether oxygens (including phenoxy) is 1. The number of hydrogen-bond acceptors (Lipinski definition) is 3. The molecule has 18 heavy (non-hydrogen) atoms. The second kappa shape index (κ2) is 6.52. The number of fused-ring (bicyclic) bond motifs is 1. The molecule has 1 aliphatic rings. The van der Waals surface area contributed by atoms with Crippen LogP contribution in [0.1, 0.15) is 24.0 Å². The smallest absolute Gasteiger partial charge is 0.224 e. The minimum Gasteiger partial charge on any atom is -0.385 e. The standard InChI is InChI=1S/C14H20N2O2/c1-18-9-3-6-14(17)16-13-5-2-4-11-7-8-15-10-12(11)13/h2,4-5,15H,3,6-10H2,1H3,(H,16,17). The van der Waals surface area contributed by atoms with E-state index in [2.05, 4.69) is 16.7 Å². The van der Waals surface area contributed by atoms with Crippen LogP contribution in [0.25, 0.3) is 0 Å². The fraction of sp³-hybridized carbons (Fsp3) is 0.500. The summed E-state index contributed by atoms with van der Waals surface area (Å²) in [6, 6.07) is 6.12. The molecule has 0 fully saturated rings. The third-order valence-corrected chi connectivity index (χ3v) is 3.17. The van der Waals surface area contributed by atoms with Gasteiger partial charge in [0.1, 0.15) is 0 Å². The molecule has 0 unspecified atom stereocenters. The molecule has 4 nitrogen and oxygen atoms in total. The minimum absolute atomic E-state index is 0.0611. The van der Waals surface area contributed by atoms with Crippen molar-refractivity contribution in [2.75, 3.05) is 25.6 Å². The lowest BCUT2D eigenvalue weighted by atomic mass is 9.99. The Morgan fingerprint density at radius 3 is 3.22 bits per heavy atom. The van der Waals surface area contributed by atoms with E-state index in [-0.39, 0.29) is 5.91 Å². The summed E-state index contributed by atoms with van der Waals surface area (Å²) < 4.78 is 4.94. The molecule has 1 amide bonds. The van der Waals surface area contributed by atoms with E-state index in [1.54, 1.807) is 7.11 Å². The first-order valence-corrected chi connectivity index (χ1v) is 6.41. The van der Waals surface area contributed by atoms with Crippen LogP contribution in [0.2, 0.25) is 0 Å². The quantitative estimate of drug-likeness (QED) is 0.780. The number of methoxy groups -OCH3 is 1. The van der Waals surface area contributed by atoms with E-state index in [1.165, 1.54) is 11.1 Å². The van der Waals surface area contributed by atoms with E-state index in [1.807, 2.05) is 12.1 Å². The van der Waals surface area contributed by atoms with Crippen molar-refractivity contribution in [1.82, 2.24) is 5.32 Å². The summed E-state index contributed by atoms with van der Waals surface area (Å²) in [5, 5.41) is 6.33. The third kappa shape index (κ3) is 3.31. The lowest BCUT2D eigenvalue weighted by Crippen LogP contribution is -2.25. The zero-order valence-corrected chi connectivity index (χ0v) is 10.8. The molecule has 98 valence electrons. The normalized spacial score (nSPS) is 14.1. The van der Waals surface area contributed by atoms with Crippen molar-refractivity contribution in [2.24, 2.45) is 0 Å². The highest BCUT2D eigenvalue weighted by molar-refractivity contribution is 5.91. The van der Waals surface area contributed by atoms with Crippen molar-refractivity contribution >= 4 is 11.6 Å². The highest BCUT2D eigenvalue weighted by atomic mass is 16.5. The van der Waals surface area contributed by atoms with Crippen LogP contribution in [0.5, 0.6) is 0 Å². The minimum atomic E-state index is 0.0611. The zero-order valence-electron chi connectivity index (χ0n) is 10.8. The van der Waals surface area contributed by atoms with Crippen molar-refractivity contribution < 1.29 is 9.53 Å². The number of nitrogens with one attached hydrogen (secondary N) is 2. The molecule has 0 bridgehead atoms. The first-order chi connectivity index (χ1) is 8.81. The largest absolute Gasteiger partial charge is 0.385 e. The Labute approximate surface area is 108 Å². The van der Waals surface area contributed by atoms with Gasteiger partial charge in [0.25, 0.3) is 0 Å². The number of amides is 1. The van der Waals surface area contributed by atoms with Crippen LogP contribution in [0.4, 0.5) is 5.69 Å². The summed E-state index contributed by atoms with van der Waals surface area (Å²) >= 11 is 0. The van der Waals surface area contributed by atoms with Gasteiger partial charge in [-0.2, -0.15) is 0 Å². The van der Waals surface area contributed by atoms with Crippen molar-refractivity contribution in [3.63, 3.8) is 0 Å². The highest BCUT2D eigenvalue weighted by Crippen LogP contribution is 2.23. The van der Waals surface area contributed by atoms with E-state index in [4.69, 9.17) is 4.74 Å². The van der Waals surface area contributed by atoms with E-state index < -0.39 is 0 Å². The lowest BCUT2D eigenvalue weighted by molar-refractivity contribution is -0.116. The third-order valence-electron chi connectivity index (χ3n) is 3.17. The Hall–Kier alpha value is -1.39. The van der Waals surface area contributed by atoms with Crippen molar-refractivity contribution in [3.05, 3.63) is 29.3 Å². The molecule has 1 heterocycles. The molecule has 0 saturated carbocycles. The number of benzene rings is 1. The van der Waals surface area contributed by atoms with Gasteiger partial charge >= 0.3 is 0 Å². The van der Waals surface area contributed by atoms with Gasteiger partial charge < -0.3 is 15.4 Å². The average molecular weight is 248 g/mol. The second-order valence-electron chi connectivity index (χ2n) is 4.51. The molecule has 2 N–H and O–H groups in total. The molecule has 4 heteroatoms. The number of hydrogen-bond donors (Lipinski definition) is 2. The van der Waals surface area contributed by atoms with Gasteiger partial charge in [-0.05, 0) is 36.6 Å². The SMILES string of the molecule is COCCCC(=O)Nc1cccc2c1CNCC2. The molecule has 1 aromatic carbocycles. The highest BCUT2D eigenvalue weighted by Gasteiger charge is 2.13. The van der Waals surface area contributed by atoms with Gasteiger partial charge in [0.2, 0.25) is 5.91 Å². The molecule has 0 spiro atoms. The summed E-state index contributed by atoms with van der Waals surface area (Å²) in [7, 11) is 1.65. The lowest BCUT2D eigenvalue weighted by Gasteiger charge is -2.20. The Morgan fingerprint density at radius 2 is 2.39 bits per heavy atom. The van der Waals surface area contributed by atoms with E-state index in [0.717, 1.165) is 31.6 Å². The maximum absolute atomic E-state index is 11.8. The van der Waals surface area contributed by atoms with Gasteiger partial charge in [0.05, 0.1) is 0 Å². The molecule has 1 aliphatic heterocycles. The second-order valence-corrected chi connectivity index (χ2v) is 4.51. The Bertz CT molecular complexity index is 418. The molecule has 0 saturated heterocycles. The van der Waals surface area contributed by atoms with Crippen LogP contribution in [0.3, 0.4) is 0 Å². The first-order valence-electron chi connectivity index (χ1n) is 6.41. The molecule has 0 atom stereocenters. The van der Waals surface area contributed by atoms with Crippen LogP contribution in [-0.2, 0) is 22.5 Å². The van der Waals surface area contributed by atoms with Crippen LogP contribution in [0.15, 0.2) is 18.2 Å². The zero-order chi connectivity index (χ0) is 12.8. The number of carbonyl (C=O) groups excluding carboxylic acids is 1. The summed E-state index contributed by atoms with van der Waals surface area (Å²) in [6.07, 6.45) is 2.29. The van der Waals surface area contributed by atoms with Crippen molar-refractivity contribution in [2.45, 2.75) is 25.8 Å². The molecule has 0 aliphatic carbocycles. The Morgan fingerprint density at radius 1 is 1.50 bits per heavy atom. The molecule has 0 radical (unpaired) electrons. The topological polar surface area (TPSA) is 50.4 Å². The van der Waals surface area contributed by atoms with Gasteiger partial charge in [-0.1, -0.05) is 12.1 Å². The van der Waals surface area contributed by atoms with E-state index in [0.29, 0.717) is 13.0 Å². The predicted molar refractivity (Wildman–Crippen MR) is 71.6 cm³/mol. The summed E-state index contributed by atoms with van der Waals surface area (Å²) in [5.74, 6) is 0.0611. The van der Waals surface area contributed by atoms with Crippen LogP contribution in [-0.4, -0.2) is 26.2 Å². The van der Waals surface area contributed by atoms with Gasteiger partial charge in [0, 0.05) is 32.4 Å². The van der Waals surface area contributed by atoms with Crippen LogP contribution < -0.4 is 10.6 Å². The average Bonchev–Trinajstić information content (AvgIpc) is 2.39. The summed E-state index contributed by atoms with van der Waals surface area (Å²) in [6.45, 7) is 2.48. The first kappa shape index (κ1) is 13.1. The molecule has 2 rings (SSSR count). The number of anilines is 1. The molecular weight excluding hydrogens is 228 g/mol. The van der Waals surface area contributed by atoms with Crippen molar-refractivity contribution in [1.29, 1.82) is 0 Å². The van der Waals surface area contributed by atoms with E-state index >= 15 is 0 Å². The molecule has 1 aromatic rings. The number of carbonyl (C=O) groups is 1. The summed E-state index contributed by atoms with van der Waals surface area (Å²) in [4.78, 5) is 11.8. The Balaban J connectivity index is 1.98. The van der Waals surface area contributed by atoms with Gasteiger partial charge in [-0.25, -0.2) is 0 Å². The van der Waals surface area contributed by atoms with E-state index in [9.17, 15) is 4.79 Å².